The Bertz CT molecular complexity index is 1030. The Kier molecular flexibility index (Phi) is 4.87. The van der Waals surface area contributed by atoms with Crippen molar-refractivity contribution in [3.63, 3.8) is 0 Å². The van der Waals surface area contributed by atoms with Crippen LogP contribution in [0, 0.1) is 0 Å². The summed E-state index contributed by atoms with van der Waals surface area (Å²) in [6.07, 6.45) is 0. The van der Waals surface area contributed by atoms with Crippen molar-refractivity contribution in [3.05, 3.63) is 63.1 Å². The standard InChI is InChI=1S/C21H22N2O6/c1-12(2)22-8-14-10-28-11-15-16(21(26)27)18(24)19(17(20(22)25)23(14)15)29-9-13-6-4-3-5-7-13/h3-7,12,14H,8-11H2,1-2H3,(H,26,27)/t14-/m1/s1. The van der Waals surface area contributed by atoms with Crippen LogP contribution in [0.25, 0.3) is 0 Å². The van der Waals surface area contributed by atoms with Gasteiger partial charge in [0.1, 0.15) is 12.2 Å². The number of carbonyl (C=O) groups is 2. The maximum atomic E-state index is 13.3. The summed E-state index contributed by atoms with van der Waals surface area (Å²) < 4.78 is 13.0. The van der Waals surface area contributed by atoms with Crippen LogP contribution in [0.5, 0.6) is 5.75 Å². The molecule has 8 heteroatoms. The van der Waals surface area contributed by atoms with Crippen molar-refractivity contribution in [1.29, 1.82) is 0 Å². The van der Waals surface area contributed by atoms with E-state index >= 15 is 0 Å². The molecule has 1 N–H and O–H groups in total. The number of nitrogens with zero attached hydrogens (tertiary/aromatic N) is 2. The minimum Gasteiger partial charge on any atom is -0.483 e. The van der Waals surface area contributed by atoms with Crippen molar-refractivity contribution < 1.29 is 24.2 Å². The zero-order valence-corrected chi connectivity index (χ0v) is 16.3. The molecular weight excluding hydrogens is 376 g/mol. The van der Waals surface area contributed by atoms with Crippen molar-refractivity contribution in [3.8, 4) is 5.75 Å². The Morgan fingerprint density at radius 2 is 2.00 bits per heavy atom. The van der Waals surface area contributed by atoms with Gasteiger partial charge in [-0.15, -0.1) is 0 Å². The van der Waals surface area contributed by atoms with Crippen LogP contribution in [0.15, 0.2) is 35.1 Å². The number of pyridine rings is 1. The average Bonchev–Trinajstić information content (AvgIpc) is 2.69. The highest BCUT2D eigenvalue weighted by Gasteiger charge is 2.41. The summed E-state index contributed by atoms with van der Waals surface area (Å²) in [7, 11) is 0. The minimum atomic E-state index is -1.35. The molecule has 0 bridgehead atoms. The van der Waals surface area contributed by atoms with Gasteiger partial charge in [-0.2, -0.15) is 0 Å². The predicted molar refractivity (Wildman–Crippen MR) is 103 cm³/mol. The number of benzene rings is 1. The second-order valence-electron chi connectivity index (χ2n) is 7.50. The van der Waals surface area contributed by atoms with E-state index in [1.54, 1.807) is 9.47 Å². The van der Waals surface area contributed by atoms with Crippen molar-refractivity contribution in [2.75, 3.05) is 13.2 Å². The first kappa shape index (κ1) is 19.2. The lowest BCUT2D eigenvalue weighted by atomic mass is 10.0. The van der Waals surface area contributed by atoms with Crippen molar-refractivity contribution in [1.82, 2.24) is 9.47 Å². The molecule has 152 valence electrons. The third-order valence-corrected chi connectivity index (χ3v) is 5.32. The second kappa shape index (κ2) is 7.36. The van der Waals surface area contributed by atoms with Crippen LogP contribution in [0.1, 0.15) is 52.0 Å². The number of hydrogen-bond acceptors (Lipinski definition) is 5. The highest BCUT2D eigenvalue weighted by Crippen LogP contribution is 2.34. The fraction of sp³-hybridized carbons (Fsp3) is 0.381. The number of ether oxygens (including phenoxy) is 2. The first-order valence-electron chi connectivity index (χ1n) is 9.50. The summed E-state index contributed by atoms with van der Waals surface area (Å²) in [6.45, 7) is 4.53. The van der Waals surface area contributed by atoms with Gasteiger partial charge in [-0.3, -0.25) is 9.59 Å². The molecule has 8 nitrogen and oxygen atoms in total. The maximum Gasteiger partial charge on any atom is 0.341 e. The van der Waals surface area contributed by atoms with E-state index in [4.69, 9.17) is 9.47 Å². The molecule has 1 aromatic heterocycles. The van der Waals surface area contributed by atoms with E-state index in [9.17, 15) is 19.5 Å². The minimum absolute atomic E-state index is 0.0334. The summed E-state index contributed by atoms with van der Waals surface area (Å²) in [6, 6.07) is 8.84. The van der Waals surface area contributed by atoms with E-state index in [-0.39, 0.29) is 48.3 Å². The maximum absolute atomic E-state index is 13.3. The van der Waals surface area contributed by atoms with Crippen LogP contribution < -0.4 is 10.2 Å². The highest BCUT2D eigenvalue weighted by molar-refractivity contribution is 5.98. The fourth-order valence-electron chi connectivity index (χ4n) is 3.94. The molecule has 2 aliphatic heterocycles. The molecule has 0 unspecified atom stereocenters. The van der Waals surface area contributed by atoms with Gasteiger partial charge in [0, 0.05) is 12.6 Å². The van der Waals surface area contributed by atoms with E-state index in [0.29, 0.717) is 13.2 Å². The van der Waals surface area contributed by atoms with Gasteiger partial charge in [0.15, 0.2) is 11.4 Å². The smallest absolute Gasteiger partial charge is 0.341 e. The molecule has 0 saturated carbocycles. The van der Waals surface area contributed by atoms with Crippen LogP contribution in [-0.2, 0) is 18.0 Å². The Balaban J connectivity index is 1.91. The molecule has 2 aliphatic rings. The quantitative estimate of drug-likeness (QED) is 0.828. The van der Waals surface area contributed by atoms with Crippen LogP contribution in [0.4, 0.5) is 0 Å². The van der Waals surface area contributed by atoms with E-state index in [1.807, 2.05) is 44.2 Å². The molecule has 2 aromatic rings. The Labute approximate surface area is 167 Å². The van der Waals surface area contributed by atoms with Crippen LogP contribution in [-0.4, -0.2) is 45.6 Å². The summed E-state index contributed by atoms with van der Waals surface area (Å²) >= 11 is 0. The fourth-order valence-corrected chi connectivity index (χ4v) is 3.94. The number of aromatic carboxylic acids is 1. The third kappa shape index (κ3) is 3.19. The number of carboxylic acid groups (broad SMARTS) is 1. The van der Waals surface area contributed by atoms with Gasteiger partial charge < -0.3 is 24.0 Å². The molecule has 3 heterocycles. The van der Waals surface area contributed by atoms with Crippen LogP contribution in [0.3, 0.4) is 0 Å². The van der Waals surface area contributed by atoms with Gasteiger partial charge in [-0.05, 0) is 19.4 Å². The SMILES string of the molecule is CC(C)N1C[C@@H]2COCc3c(C(=O)O)c(=O)c(OCc4ccccc4)c(n32)C1=O. The third-order valence-electron chi connectivity index (χ3n) is 5.32. The van der Waals surface area contributed by atoms with Gasteiger partial charge in [0.2, 0.25) is 5.43 Å². The van der Waals surface area contributed by atoms with E-state index in [2.05, 4.69) is 0 Å². The summed E-state index contributed by atoms with van der Waals surface area (Å²) in [5, 5.41) is 9.69. The molecule has 29 heavy (non-hydrogen) atoms. The molecular formula is C21H22N2O6. The molecule has 0 fully saturated rings. The Morgan fingerprint density at radius 3 is 2.66 bits per heavy atom. The predicted octanol–water partition coefficient (Wildman–Crippen LogP) is 2.06. The van der Waals surface area contributed by atoms with E-state index in [1.165, 1.54) is 0 Å². The monoisotopic (exact) mass is 398 g/mol. The van der Waals surface area contributed by atoms with E-state index in [0.717, 1.165) is 5.56 Å². The topological polar surface area (TPSA) is 98.1 Å². The number of amides is 1. The first-order chi connectivity index (χ1) is 13.9. The van der Waals surface area contributed by atoms with E-state index < -0.39 is 17.0 Å². The highest BCUT2D eigenvalue weighted by atomic mass is 16.5. The molecule has 1 amide bonds. The Hall–Kier alpha value is -3.13. The van der Waals surface area contributed by atoms with Gasteiger partial charge in [0.25, 0.3) is 5.91 Å². The largest absolute Gasteiger partial charge is 0.483 e. The summed E-state index contributed by atoms with van der Waals surface area (Å²) in [4.78, 5) is 39.9. The zero-order chi connectivity index (χ0) is 20.7. The molecule has 0 radical (unpaired) electrons. The number of carbonyl (C=O) groups excluding carboxylic acids is 1. The lowest BCUT2D eigenvalue weighted by Crippen LogP contribution is -2.51. The molecule has 4 rings (SSSR count). The molecule has 0 aliphatic carbocycles. The normalized spacial score (nSPS) is 18.0. The molecule has 0 saturated heterocycles. The van der Waals surface area contributed by atoms with Gasteiger partial charge >= 0.3 is 5.97 Å². The average molecular weight is 398 g/mol. The molecule has 1 atom stereocenters. The van der Waals surface area contributed by atoms with Crippen LogP contribution in [0.2, 0.25) is 0 Å². The first-order valence-corrected chi connectivity index (χ1v) is 9.50. The molecule has 0 spiro atoms. The zero-order valence-electron chi connectivity index (χ0n) is 16.3. The Morgan fingerprint density at radius 1 is 1.28 bits per heavy atom. The summed E-state index contributed by atoms with van der Waals surface area (Å²) in [5.74, 6) is -1.90. The second-order valence-corrected chi connectivity index (χ2v) is 7.50. The number of aromatic nitrogens is 1. The van der Waals surface area contributed by atoms with Crippen molar-refractivity contribution in [2.45, 2.75) is 39.1 Å². The number of rotatable bonds is 5. The van der Waals surface area contributed by atoms with Crippen molar-refractivity contribution >= 4 is 11.9 Å². The van der Waals surface area contributed by atoms with Gasteiger partial charge in [-0.25, -0.2) is 4.79 Å². The van der Waals surface area contributed by atoms with Gasteiger partial charge in [-0.1, -0.05) is 30.3 Å². The molecule has 1 aromatic carbocycles. The lowest BCUT2D eigenvalue weighted by Gasteiger charge is -2.42. The number of hydrogen-bond donors (Lipinski definition) is 1. The van der Waals surface area contributed by atoms with Crippen molar-refractivity contribution in [2.24, 2.45) is 0 Å². The van der Waals surface area contributed by atoms with Gasteiger partial charge in [0.05, 0.1) is 24.9 Å². The number of carboxylic acids is 1. The van der Waals surface area contributed by atoms with Crippen LogP contribution >= 0.6 is 0 Å². The summed E-state index contributed by atoms with van der Waals surface area (Å²) in [5.41, 5.74) is -0.0514. The lowest BCUT2D eigenvalue weighted by molar-refractivity contribution is 0.0182.